The van der Waals surface area contributed by atoms with E-state index >= 15 is 0 Å². The molecule has 0 bridgehead atoms. The number of hydrogen-bond acceptors (Lipinski definition) is 7. The first-order valence-corrected chi connectivity index (χ1v) is 15.2. The van der Waals surface area contributed by atoms with Crippen molar-refractivity contribution in [2.24, 2.45) is 0 Å². The number of aryl methyl sites for hydroxylation is 1. The first-order valence-electron chi connectivity index (χ1n) is 13.4. The fraction of sp³-hybridized carbons (Fsp3) is 0.500. The van der Waals surface area contributed by atoms with E-state index in [4.69, 9.17) is 5.10 Å². The van der Waals surface area contributed by atoms with Crippen molar-refractivity contribution in [3.05, 3.63) is 63.5 Å². The highest BCUT2D eigenvalue weighted by Crippen LogP contribution is 2.31. The molecule has 0 atom stereocenters. The summed E-state index contributed by atoms with van der Waals surface area (Å²) in [4.78, 5) is 27.1. The molecule has 1 aromatic carbocycles. The number of amides is 1. The number of carboxylic acid groups (broad SMARTS) is 1. The number of rotatable bonds is 6. The molecule has 0 spiro atoms. The second-order valence-electron chi connectivity index (χ2n) is 10.7. The number of carbonyl (C=O) groups excluding carboxylic acids is 1. The summed E-state index contributed by atoms with van der Waals surface area (Å²) in [6, 6.07) is 2.42. The summed E-state index contributed by atoms with van der Waals surface area (Å²) in [5, 5.41) is 22.8. The Morgan fingerprint density at radius 1 is 1.10 bits per heavy atom. The lowest BCUT2D eigenvalue weighted by molar-refractivity contribution is 0.0693. The average Bonchev–Trinajstić information content (AvgIpc) is 3.65. The minimum Gasteiger partial charge on any atom is -0.478 e. The molecule has 212 valence electrons. The third kappa shape index (κ3) is 4.79. The molecule has 12 nitrogen and oxygen atoms in total. The molecular formula is C26H30FN7O5S. The van der Waals surface area contributed by atoms with Crippen LogP contribution in [0.4, 0.5) is 4.39 Å². The molecule has 0 unspecified atom stereocenters. The summed E-state index contributed by atoms with van der Waals surface area (Å²) in [5.74, 6) is -1.78. The van der Waals surface area contributed by atoms with Gasteiger partial charge in [0.05, 0.1) is 41.0 Å². The minimum atomic E-state index is -3.21. The number of sulfonamides is 1. The first kappa shape index (κ1) is 26.6. The number of benzene rings is 1. The molecule has 1 saturated heterocycles. The van der Waals surface area contributed by atoms with Gasteiger partial charge in [-0.05, 0) is 49.8 Å². The van der Waals surface area contributed by atoms with Crippen molar-refractivity contribution in [3.8, 4) is 0 Å². The van der Waals surface area contributed by atoms with Gasteiger partial charge in [0.15, 0.2) is 0 Å². The van der Waals surface area contributed by atoms with E-state index in [9.17, 15) is 27.5 Å². The Balaban J connectivity index is 1.22. The Morgan fingerprint density at radius 2 is 1.88 bits per heavy atom. The zero-order valence-corrected chi connectivity index (χ0v) is 22.9. The average molecular weight is 572 g/mol. The lowest BCUT2D eigenvalue weighted by Crippen LogP contribution is -2.38. The smallest absolute Gasteiger partial charge is 0.335 e. The van der Waals surface area contributed by atoms with E-state index in [0.29, 0.717) is 55.7 Å². The van der Waals surface area contributed by atoms with E-state index < -0.39 is 21.8 Å². The molecule has 1 N–H and O–H groups in total. The second kappa shape index (κ2) is 10.1. The Bertz CT molecular complexity index is 1610. The lowest BCUT2D eigenvalue weighted by Gasteiger charge is -2.30. The monoisotopic (exact) mass is 571 g/mol. The number of hydrogen-bond donors (Lipinski definition) is 1. The van der Waals surface area contributed by atoms with Gasteiger partial charge in [-0.25, -0.2) is 26.6 Å². The lowest BCUT2D eigenvalue weighted by atomic mass is 9.93. The van der Waals surface area contributed by atoms with Crippen LogP contribution in [-0.4, -0.2) is 85.3 Å². The number of carboxylic acids is 1. The van der Waals surface area contributed by atoms with Crippen molar-refractivity contribution >= 4 is 21.9 Å². The molecule has 5 heterocycles. The Hall–Kier alpha value is -3.65. The zero-order chi connectivity index (χ0) is 28.2. The van der Waals surface area contributed by atoms with E-state index in [1.54, 1.807) is 9.58 Å². The van der Waals surface area contributed by atoms with Crippen molar-refractivity contribution in [3.63, 3.8) is 0 Å². The standard InChI is InChI=1S/C26H30FN7O5S/c1-40(38,39)33-11-6-16(7-12-33)21-14-32(30-28-21)15-22-24(23-3-2-9-34(23)29-22)25(35)31-10-8-17-18(26(36)37)4-5-20(27)19(17)13-31/h4-5,14,16H,2-3,6-13,15H2,1H3,(H,36,37). The van der Waals surface area contributed by atoms with Crippen LogP contribution in [0, 0.1) is 5.82 Å². The number of carbonyl (C=O) groups is 2. The van der Waals surface area contributed by atoms with Crippen LogP contribution >= 0.6 is 0 Å². The maximum Gasteiger partial charge on any atom is 0.335 e. The molecule has 1 amide bonds. The zero-order valence-electron chi connectivity index (χ0n) is 22.1. The van der Waals surface area contributed by atoms with Gasteiger partial charge in [-0.1, -0.05) is 5.21 Å². The van der Waals surface area contributed by atoms with Crippen molar-refractivity contribution in [1.82, 2.24) is 34.0 Å². The van der Waals surface area contributed by atoms with Crippen LogP contribution in [0.2, 0.25) is 0 Å². The summed E-state index contributed by atoms with van der Waals surface area (Å²) in [5.41, 5.74) is 3.44. The third-order valence-electron chi connectivity index (χ3n) is 8.21. The fourth-order valence-corrected chi connectivity index (χ4v) is 7.00. The van der Waals surface area contributed by atoms with Crippen LogP contribution in [0.1, 0.15) is 74.1 Å². The topological polar surface area (TPSA) is 144 Å². The Morgan fingerprint density at radius 3 is 2.60 bits per heavy atom. The highest BCUT2D eigenvalue weighted by molar-refractivity contribution is 7.88. The third-order valence-corrected chi connectivity index (χ3v) is 9.51. The SMILES string of the molecule is CS(=O)(=O)N1CCC(c2cn(Cc3nn4c(c3C(=O)N3CCc5c(C(=O)O)ccc(F)c5C3)CCC4)nn2)CC1. The van der Waals surface area contributed by atoms with E-state index in [0.717, 1.165) is 23.9 Å². The summed E-state index contributed by atoms with van der Waals surface area (Å²) >= 11 is 0. The number of nitrogens with zero attached hydrogens (tertiary/aromatic N) is 7. The molecule has 0 saturated carbocycles. The van der Waals surface area contributed by atoms with Gasteiger partial charge >= 0.3 is 5.97 Å². The van der Waals surface area contributed by atoms with Crippen molar-refractivity contribution in [2.45, 2.75) is 57.7 Å². The molecule has 6 rings (SSSR count). The molecule has 14 heteroatoms. The van der Waals surface area contributed by atoms with Gasteiger partial charge in [0, 0.05) is 50.4 Å². The predicted octanol–water partition coefficient (Wildman–Crippen LogP) is 1.64. The first-order chi connectivity index (χ1) is 19.1. The maximum absolute atomic E-state index is 14.7. The summed E-state index contributed by atoms with van der Waals surface area (Å²) in [7, 11) is -3.21. The highest BCUT2D eigenvalue weighted by Gasteiger charge is 2.33. The van der Waals surface area contributed by atoms with Gasteiger partial charge < -0.3 is 10.0 Å². The van der Waals surface area contributed by atoms with Crippen LogP contribution in [0.15, 0.2) is 18.3 Å². The van der Waals surface area contributed by atoms with Gasteiger partial charge in [0.25, 0.3) is 5.91 Å². The maximum atomic E-state index is 14.7. The molecule has 0 aliphatic carbocycles. The number of piperidine rings is 1. The number of aromatic carboxylic acids is 1. The van der Waals surface area contributed by atoms with Gasteiger partial charge in [0.2, 0.25) is 10.0 Å². The summed E-state index contributed by atoms with van der Waals surface area (Å²) < 4.78 is 43.4. The quantitative estimate of drug-likeness (QED) is 0.470. The van der Waals surface area contributed by atoms with Crippen LogP contribution in [0.3, 0.4) is 0 Å². The normalized spacial score (nSPS) is 18.1. The fourth-order valence-electron chi connectivity index (χ4n) is 6.13. The van der Waals surface area contributed by atoms with E-state index in [1.807, 2.05) is 10.9 Å². The van der Waals surface area contributed by atoms with Gasteiger partial charge in [-0.15, -0.1) is 5.10 Å². The Labute approximate surface area is 230 Å². The molecular weight excluding hydrogens is 541 g/mol. The van der Waals surface area contributed by atoms with E-state index in [-0.39, 0.29) is 49.0 Å². The van der Waals surface area contributed by atoms with Crippen LogP contribution in [0.5, 0.6) is 0 Å². The largest absolute Gasteiger partial charge is 0.478 e. The van der Waals surface area contributed by atoms with Crippen LogP contribution in [-0.2, 0) is 42.5 Å². The predicted molar refractivity (Wildman–Crippen MR) is 140 cm³/mol. The van der Waals surface area contributed by atoms with Crippen molar-refractivity contribution in [2.75, 3.05) is 25.9 Å². The van der Waals surface area contributed by atoms with Crippen molar-refractivity contribution in [1.29, 1.82) is 0 Å². The highest BCUT2D eigenvalue weighted by atomic mass is 32.2. The molecule has 3 aromatic rings. The number of aromatic nitrogens is 5. The molecule has 0 radical (unpaired) electrons. The molecule has 1 fully saturated rings. The Kier molecular flexibility index (Phi) is 6.69. The second-order valence-corrected chi connectivity index (χ2v) is 12.7. The van der Waals surface area contributed by atoms with Crippen LogP contribution in [0.25, 0.3) is 0 Å². The van der Waals surface area contributed by atoms with Gasteiger partial charge in [-0.3, -0.25) is 9.48 Å². The number of halogens is 1. The van der Waals surface area contributed by atoms with Crippen molar-refractivity contribution < 1.29 is 27.5 Å². The molecule has 3 aliphatic rings. The molecule has 40 heavy (non-hydrogen) atoms. The van der Waals surface area contributed by atoms with E-state index in [2.05, 4.69) is 10.3 Å². The number of fused-ring (bicyclic) bond motifs is 2. The minimum absolute atomic E-state index is 0.00910. The van der Waals surface area contributed by atoms with Gasteiger partial charge in [-0.2, -0.15) is 5.10 Å². The van der Waals surface area contributed by atoms with Gasteiger partial charge in [0.1, 0.15) is 5.82 Å². The van der Waals surface area contributed by atoms with Crippen LogP contribution < -0.4 is 0 Å². The molecule has 2 aromatic heterocycles. The van der Waals surface area contributed by atoms with E-state index in [1.165, 1.54) is 16.6 Å². The summed E-state index contributed by atoms with van der Waals surface area (Å²) in [6.07, 6.45) is 6.20. The summed E-state index contributed by atoms with van der Waals surface area (Å²) in [6.45, 7) is 2.09. The molecule has 3 aliphatic heterocycles.